The second-order valence-electron chi connectivity index (χ2n) is 6.37. The van der Waals surface area contributed by atoms with Crippen LogP contribution in [0, 0.1) is 6.92 Å². The summed E-state index contributed by atoms with van der Waals surface area (Å²) in [6.45, 7) is 5.98. The van der Waals surface area contributed by atoms with Gasteiger partial charge in [-0.05, 0) is 43.3 Å². The van der Waals surface area contributed by atoms with Crippen molar-refractivity contribution >= 4 is 40.1 Å². The van der Waals surface area contributed by atoms with Crippen LogP contribution in [0.4, 0.5) is 11.4 Å². The molecule has 3 rings (SSSR count). The summed E-state index contributed by atoms with van der Waals surface area (Å²) in [5.74, 6) is -0.242. The monoisotopic (exact) mass is 395 g/mol. The van der Waals surface area contributed by atoms with Crippen LogP contribution >= 0.6 is 11.8 Å². The number of aliphatic imine (C=N–C) groups is 1. The second kappa shape index (κ2) is 8.75. The van der Waals surface area contributed by atoms with E-state index in [1.54, 1.807) is 18.2 Å². The lowest BCUT2D eigenvalue weighted by molar-refractivity contribution is -0.127. The molecule has 7 heteroatoms. The van der Waals surface area contributed by atoms with E-state index in [9.17, 15) is 14.7 Å². The molecule has 0 unspecified atom stereocenters. The highest BCUT2D eigenvalue weighted by Crippen LogP contribution is 2.32. The number of nitrogens with one attached hydrogen (secondary N) is 1. The predicted molar refractivity (Wildman–Crippen MR) is 113 cm³/mol. The van der Waals surface area contributed by atoms with E-state index in [2.05, 4.69) is 16.9 Å². The summed E-state index contributed by atoms with van der Waals surface area (Å²) < 4.78 is 0. The van der Waals surface area contributed by atoms with Crippen molar-refractivity contribution in [2.24, 2.45) is 4.99 Å². The molecule has 0 spiro atoms. The highest BCUT2D eigenvalue weighted by Gasteiger charge is 2.38. The quantitative estimate of drug-likeness (QED) is 0.728. The van der Waals surface area contributed by atoms with Gasteiger partial charge in [-0.3, -0.25) is 14.5 Å². The maximum absolute atomic E-state index is 12.7. The molecular formula is C21H21N3O3S. The molecule has 144 valence electrons. The molecule has 1 fully saturated rings. The highest BCUT2D eigenvalue weighted by atomic mass is 32.2. The van der Waals surface area contributed by atoms with E-state index in [1.165, 1.54) is 28.8 Å². The number of phenols is 1. The van der Waals surface area contributed by atoms with Crippen LogP contribution in [0.5, 0.6) is 5.75 Å². The molecule has 2 aromatic rings. The van der Waals surface area contributed by atoms with E-state index in [1.807, 2.05) is 31.2 Å². The molecule has 0 aromatic heterocycles. The fourth-order valence-corrected chi connectivity index (χ4v) is 3.84. The highest BCUT2D eigenvalue weighted by molar-refractivity contribution is 8.15. The number of phenolic OH excluding ortho intramolecular Hbond substituents is 1. The van der Waals surface area contributed by atoms with Gasteiger partial charge in [0.05, 0.1) is 5.69 Å². The molecule has 1 atom stereocenters. The van der Waals surface area contributed by atoms with E-state index >= 15 is 0 Å². The zero-order valence-corrected chi connectivity index (χ0v) is 16.3. The Kier molecular flexibility index (Phi) is 6.16. The van der Waals surface area contributed by atoms with Crippen molar-refractivity contribution in [3.63, 3.8) is 0 Å². The third kappa shape index (κ3) is 4.80. The normalized spacial score (nSPS) is 17.8. The van der Waals surface area contributed by atoms with Gasteiger partial charge in [0, 0.05) is 18.7 Å². The van der Waals surface area contributed by atoms with Gasteiger partial charge < -0.3 is 10.4 Å². The number of hydrogen-bond donors (Lipinski definition) is 2. The van der Waals surface area contributed by atoms with Crippen LogP contribution in [-0.4, -0.2) is 38.8 Å². The van der Waals surface area contributed by atoms with E-state index in [0.717, 1.165) is 5.56 Å². The SMILES string of the molecule is C=CCN1C(=O)[C@@H](CC(=O)Nc2ccc(C)cc2)SC1=Nc1ccc(O)cc1. The number of amidine groups is 1. The van der Waals surface area contributed by atoms with Crippen molar-refractivity contribution in [2.45, 2.75) is 18.6 Å². The standard InChI is InChI=1S/C21H21N3O3S/c1-3-12-24-20(27)18(13-19(26)22-15-6-4-14(2)5-7-15)28-21(24)23-16-8-10-17(25)11-9-16/h3-11,18,25H,1,12-13H2,2H3,(H,22,26)/t18-/m1/s1. The number of hydrogen-bond acceptors (Lipinski definition) is 5. The zero-order chi connectivity index (χ0) is 20.1. The Morgan fingerprint density at radius 3 is 2.57 bits per heavy atom. The van der Waals surface area contributed by atoms with E-state index in [4.69, 9.17) is 0 Å². The minimum absolute atomic E-state index is 0.0552. The summed E-state index contributed by atoms with van der Waals surface area (Å²) in [5, 5.41) is 12.2. The fraction of sp³-hybridized carbons (Fsp3) is 0.190. The molecule has 28 heavy (non-hydrogen) atoms. The third-order valence-electron chi connectivity index (χ3n) is 4.11. The molecule has 0 bridgehead atoms. The summed E-state index contributed by atoms with van der Waals surface area (Å²) in [4.78, 5) is 31.1. The summed E-state index contributed by atoms with van der Waals surface area (Å²) in [5.41, 5.74) is 2.42. The topological polar surface area (TPSA) is 82.0 Å². The molecule has 2 amide bonds. The van der Waals surface area contributed by atoms with Gasteiger partial charge in [-0.15, -0.1) is 6.58 Å². The first-order valence-electron chi connectivity index (χ1n) is 8.79. The van der Waals surface area contributed by atoms with Crippen molar-refractivity contribution < 1.29 is 14.7 Å². The number of aromatic hydroxyl groups is 1. The van der Waals surface area contributed by atoms with E-state index in [0.29, 0.717) is 23.1 Å². The maximum atomic E-state index is 12.7. The molecule has 2 aromatic carbocycles. The van der Waals surface area contributed by atoms with Gasteiger partial charge in [0.15, 0.2) is 5.17 Å². The molecule has 0 radical (unpaired) electrons. The average Bonchev–Trinajstić information content (AvgIpc) is 2.94. The first-order chi connectivity index (χ1) is 13.5. The van der Waals surface area contributed by atoms with Crippen LogP contribution in [0.15, 0.2) is 66.2 Å². The molecule has 1 saturated heterocycles. The third-order valence-corrected chi connectivity index (χ3v) is 5.29. The molecule has 0 aliphatic carbocycles. The number of anilines is 1. The van der Waals surface area contributed by atoms with Gasteiger partial charge in [-0.25, -0.2) is 4.99 Å². The second-order valence-corrected chi connectivity index (χ2v) is 7.54. The van der Waals surface area contributed by atoms with Crippen molar-refractivity contribution in [3.8, 4) is 5.75 Å². The molecule has 0 saturated carbocycles. The summed E-state index contributed by atoms with van der Waals surface area (Å²) in [7, 11) is 0. The number of carbonyl (C=O) groups is 2. The van der Waals surface area contributed by atoms with Gasteiger partial charge >= 0.3 is 0 Å². The summed E-state index contributed by atoms with van der Waals surface area (Å²) in [6.07, 6.45) is 1.68. The molecule has 1 aliphatic rings. The first kappa shape index (κ1) is 19.7. The van der Waals surface area contributed by atoms with Crippen LogP contribution < -0.4 is 5.32 Å². The number of amides is 2. The summed E-state index contributed by atoms with van der Waals surface area (Å²) >= 11 is 1.26. The Morgan fingerprint density at radius 2 is 1.93 bits per heavy atom. The van der Waals surface area contributed by atoms with Crippen molar-refractivity contribution in [1.82, 2.24) is 4.90 Å². The van der Waals surface area contributed by atoms with Crippen molar-refractivity contribution in [1.29, 1.82) is 0 Å². The van der Waals surface area contributed by atoms with Crippen LogP contribution in [0.3, 0.4) is 0 Å². The summed E-state index contributed by atoms with van der Waals surface area (Å²) in [6, 6.07) is 13.9. The lowest BCUT2D eigenvalue weighted by Crippen LogP contribution is -2.33. The number of rotatable bonds is 6. The molecule has 2 N–H and O–H groups in total. The lowest BCUT2D eigenvalue weighted by atomic mass is 10.2. The Labute approximate surface area is 168 Å². The van der Waals surface area contributed by atoms with Crippen LogP contribution in [0.1, 0.15) is 12.0 Å². The fourth-order valence-electron chi connectivity index (χ4n) is 2.68. The van der Waals surface area contributed by atoms with Gasteiger partial charge in [0.2, 0.25) is 11.8 Å². The van der Waals surface area contributed by atoms with Gasteiger partial charge in [0.25, 0.3) is 0 Å². The smallest absolute Gasteiger partial charge is 0.242 e. The average molecular weight is 395 g/mol. The van der Waals surface area contributed by atoms with E-state index < -0.39 is 5.25 Å². The van der Waals surface area contributed by atoms with Crippen LogP contribution in [0.2, 0.25) is 0 Å². The van der Waals surface area contributed by atoms with Crippen molar-refractivity contribution in [2.75, 3.05) is 11.9 Å². The Balaban J connectivity index is 1.72. The maximum Gasteiger partial charge on any atom is 0.242 e. The number of benzene rings is 2. The van der Waals surface area contributed by atoms with Crippen molar-refractivity contribution in [3.05, 3.63) is 66.7 Å². The van der Waals surface area contributed by atoms with Crippen LogP contribution in [0.25, 0.3) is 0 Å². The lowest BCUT2D eigenvalue weighted by Gasteiger charge is -2.13. The molecule has 6 nitrogen and oxygen atoms in total. The number of aryl methyl sites for hydroxylation is 1. The van der Waals surface area contributed by atoms with Gasteiger partial charge in [-0.1, -0.05) is 35.5 Å². The molecule has 1 heterocycles. The van der Waals surface area contributed by atoms with Gasteiger partial charge in [0.1, 0.15) is 11.0 Å². The minimum Gasteiger partial charge on any atom is -0.508 e. The number of thioether (sulfide) groups is 1. The molecule has 1 aliphatic heterocycles. The first-order valence-corrected chi connectivity index (χ1v) is 9.67. The number of nitrogens with zero attached hydrogens (tertiary/aromatic N) is 2. The Morgan fingerprint density at radius 1 is 1.25 bits per heavy atom. The van der Waals surface area contributed by atoms with Crippen LogP contribution in [-0.2, 0) is 9.59 Å². The van der Waals surface area contributed by atoms with E-state index in [-0.39, 0.29) is 24.0 Å². The Hall–Kier alpha value is -3.06. The number of carbonyl (C=O) groups excluding carboxylic acids is 2. The largest absolute Gasteiger partial charge is 0.508 e. The molecular weight excluding hydrogens is 374 g/mol. The van der Waals surface area contributed by atoms with Gasteiger partial charge in [-0.2, -0.15) is 0 Å². The zero-order valence-electron chi connectivity index (χ0n) is 15.5. The Bertz CT molecular complexity index is 907. The predicted octanol–water partition coefficient (Wildman–Crippen LogP) is 3.85. The minimum atomic E-state index is -0.540.